The van der Waals surface area contributed by atoms with Crippen LogP contribution in [0.25, 0.3) is 0 Å². The summed E-state index contributed by atoms with van der Waals surface area (Å²) in [7, 11) is 0. The molecule has 0 aromatic rings. The first-order chi connectivity index (χ1) is 7.16. The SMILES string of the molecule is O=C(O)CCCCCCCCC(F)CO. The van der Waals surface area contributed by atoms with Crippen molar-refractivity contribution in [2.24, 2.45) is 0 Å². The van der Waals surface area contributed by atoms with Crippen LogP contribution in [0.15, 0.2) is 0 Å². The lowest BCUT2D eigenvalue weighted by atomic mass is 10.1. The number of carboxylic acids is 1. The van der Waals surface area contributed by atoms with E-state index in [1.165, 1.54) is 0 Å². The van der Waals surface area contributed by atoms with Gasteiger partial charge in [0.15, 0.2) is 0 Å². The van der Waals surface area contributed by atoms with Crippen LogP contribution in [0, 0.1) is 0 Å². The maximum atomic E-state index is 12.5. The predicted octanol–water partition coefficient (Wildman–Crippen LogP) is 2.52. The van der Waals surface area contributed by atoms with Crippen molar-refractivity contribution in [3.05, 3.63) is 0 Å². The molecule has 0 saturated heterocycles. The Bertz CT molecular complexity index is 162. The van der Waals surface area contributed by atoms with Crippen LogP contribution in [0.1, 0.15) is 51.4 Å². The molecule has 90 valence electrons. The molecule has 3 nitrogen and oxygen atoms in total. The molecule has 0 aliphatic carbocycles. The van der Waals surface area contributed by atoms with Crippen LogP contribution in [0.2, 0.25) is 0 Å². The second-order valence-electron chi connectivity index (χ2n) is 3.83. The van der Waals surface area contributed by atoms with Crippen LogP contribution >= 0.6 is 0 Å². The molecule has 0 radical (unpaired) electrons. The molecule has 0 bridgehead atoms. The van der Waals surface area contributed by atoms with E-state index >= 15 is 0 Å². The Balaban J connectivity index is 3.02. The second-order valence-corrected chi connectivity index (χ2v) is 3.83. The van der Waals surface area contributed by atoms with E-state index in [4.69, 9.17) is 10.2 Å². The molecular weight excluding hydrogens is 199 g/mol. The zero-order valence-corrected chi connectivity index (χ0v) is 9.12. The highest BCUT2D eigenvalue weighted by Crippen LogP contribution is 2.10. The van der Waals surface area contributed by atoms with Gasteiger partial charge >= 0.3 is 5.97 Å². The largest absolute Gasteiger partial charge is 0.481 e. The van der Waals surface area contributed by atoms with Gasteiger partial charge in [-0.1, -0.05) is 32.1 Å². The summed E-state index contributed by atoms with van der Waals surface area (Å²) < 4.78 is 12.5. The molecule has 0 aromatic carbocycles. The molecule has 1 unspecified atom stereocenters. The molecule has 2 N–H and O–H groups in total. The lowest BCUT2D eigenvalue weighted by molar-refractivity contribution is -0.137. The van der Waals surface area contributed by atoms with E-state index in [2.05, 4.69) is 0 Å². The van der Waals surface area contributed by atoms with Gasteiger partial charge in [0.05, 0.1) is 6.61 Å². The van der Waals surface area contributed by atoms with Crippen molar-refractivity contribution in [2.75, 3.05) is 6.61 Å². The zero-order valence-electron chi connectivity index (χ0n) is 9.12. The van der Waals surface area contributed by atoms with Crippen molar-refractivity contribution in [3.8, 4) is 0 Å². The summed E-state index contributed by atoms with van der Waals surface area (Å²) in [5, 5.41) is 16.8. The van der Waals surface area contributed by atoms with Crippen molar-refractivity contribution in [1.29, 1.82) is 0 Å². The number of hydrogen-bond donors (Lipinski definition) is 2. The van der Waals surface area contributed by atoms with Gasteiger partial charge in [-0.15, -0.1) is 0 Å². The number of aliphatic hydroxyl groups is 1. The fraction of sp³-hybridized carbons (Fsp3) is 0.909. The van der Waals surface area contributed by atoms with Gasteiger partial charge in [-0.3, -0.25) is 4.79 Å². The molecule has 0 aromatic heterocycles. The molecule has 0 spiro atoms. The summed E-state index contributed by atoms with van der Waals surface area (Å²) in [4.78, 5) is 10.2. The minimum absolute atomic E-state index is 0.247. The molecule has 0 fully saturated rings. The fourth-order valence-electron chi connectivity index (χ4n) is 1.44. The Morgan fingerprint density at radius 1 is 1.07 bits per heavy atom. The highest BCUT2D eigenvalue weighted by Gasteiger charge is 2.02. The number of alkyl halides is 1. The standard InChI is InChI=1S/C11H21FO3/c12-10(9-13)7-5-3-1-2-4-6-8-11(14)15/h10,13H,1-9H2,(H,14,15). The number of carboxylic acid groups (broad SMARTS) is 1. The van der Waals surface area contributed by atoms with Gasteiger partial charge in [-0.05, 0) is 12.8 Å². The zero-order chi connectivity index (χ0) is 11.5. The average Bonchev–Trinajstić information content (AvgIpc) is 2.21. The number of hydrogen-bond acceptors (Lipinski definition) is 2. The Hall–Kier alpha value is -0.640. The first-order valence-corrected chi connectivity index (χ1v) is 5.63. The number of unbranched alkanes of at least 4 members (excludes halogenated alkanes) is 5. The van der Waals surface area contributed by atoms with Gasteiger partial charge in [0, 0.05) is 6.42 Å². The second kappa shape index (κ2) is 9.90. The Kier molecular flexibility index (Phi) is 9.48. The van der Waals surface area contributed by atoms with Crippen LogP contribution in [-0.2, 0) is 4.79 Å². The number of rotatable bonds is 10. The first kappa shape index (κ1) is 14.4. The van der Waals surface area contributed by atoms with Crippen LogP contribution in [0.4, 0.5) is 4.39 Å². The predicted molar refractivity (Wildman–Crippen MR) is 56.6 cm³/mol. The van der Waals surface area contributed by atoms with E-state index in [-0.39, 0.29) is 13.0 Å². The third-order valence-electron chi connectivity index (χ3n) is 2.36. The normalized spacial score (nSPS) is 12.7. The topological polar surface area (TPSA) is 57.5 Å². The minimum Gasteiger partial charge on any atom is -0.481 e. The van der Waals surface area contributed by atoms with E-state index in [9.17, 15) is 9.18 Å². The van der Waals surface area contributed by atoms with E-state index in [1.54, 1.807) is 0 Å². The summed E-state index contributed by atoms with van der Waals surface area (Å²) in [5.41, 5.74) is 0. The summed E-state index contributed by atoms with van der Waals surface area (Å²) in [6, 6.07) is 0. The van der Waals surface area contributed by atoms with Crippen molar-refractivity contribution < 1.29 is 19.4 Å². The number of aliphatic hydroxyl groups excluding tert-OH is 1. The van der Waals surface area contributed by atoms with Crippen molar-refractivity contribution in [3.63, 3.8) is 0 Å². The van der Waals surface area contributed by atoms with Gasteiger partial charge in [-0.25, -0.2) is 4.39 Å². The highest BCUT2D eigenvalue weighted by atomic mass is 19.1. The van der Waals surface area contributed by atoms with Crippen molar-refractivity contribution in [1.82, 2.24) is 0 Å². The average molecular weight is 220 g/mol. The van der Waals surface area contributed by atoms with Gasteiger partial charge in [0.2, 0.25) is 0 Å². The van der Waals surface area contributed by atoms with E-state index in [0.29, 0.717) is 6.42 Å². The minimum atomic E-state index is -1.07. The van der Waals surface area contributed by atoms with E-state index in [0.717, 1.165) is 38.5 Å². The molecule has 15 heavy (non-hydrogen) atoms. The Morgan fingerprint density at radius 2 is 1.60 bits per heavy atom. The third-order valence-corrected chi connectivity index (χ3v) is 2.36. The summed E-state index contributed by atoms with van der Waals surface area (Å²) in [6.45, 7) is -0.376. The molecule has 0 heterocycles. The van der Waals surface area contributed by atoms with Crippen LogP contribution in [0.3, 0.4) is 0 Å². The summed E-state index contributed by atoms with van der Waals surface area (Å²) >= 11 is 0. The number of halogens is 1. The molecule has 0 aliphatic heterocycles. The quantitative estimate of drug-likeness (QED) is 0.556. The lowest BCUT2D eigenvalue weighted by Gasteiger charge is -2.03. The Morgan fingerprint density at radius 3 is 2.13 bits per heavy atom. The van der Waals surface area contributed by atoms with E-state index < -0.39 is 12.1 Å². The van der Waals surface area contributed by atoms with Crippen LogP contribution in [-0.4, -0.2) is 29.0 Å². The number of carbonyl (C=O) groups is 1. The molecule has 0 saturated carbocycles. The van der Waals surface area contributed by atoms with Gasteiger partial charge in [0.1, 0.15) is 6.17 Å². The van der Waals surface area contributed by atoms with Gasteiger partial charge in [0.25, 0.3) is 0 Å². The Labute approximate surface area is 90.3 Å². The smallest absolute Gasteiger partial charge is 0.303 e. The lowest BCUT2D eigenvalue weighted by Crippen LogP contribution is -2.04. The van der Waals surface area contributed by atoms with Crippen molar-refractivity contribution >= 4 is 5.97 Å². The van der Waals surface area contributed by atoms with E-state index in [1.807, 2.05) is 0 Å². The first-order valence-electron chi connectivity index (χ1n) is 5.63. The molecular formula is C11H21FO3. The molecule has 1 atom stereocenters. The van der Waals surface area contributed by atoms with Gasteiger partial charge < -0.3 is 10.2 Å². The summed E-state index contributed by atoms with van der Waals surface area (Å²) in [6.07, 6.45) is 5.10. The molecule has 4 heteroatoms. The maximum absolute atomic E-state index is 12.5. The molecule has 0 aliphatic rings. The maximum Gasteiger partial charge on any atom is 0.303 e. The fourth-order valence-corrected chi connectivity index (χ4v) is 1.44. The van der Waals surface area contributed by atoms with Gasteiger partial charge in [-0.2, -0.15) is 0 Å². The summed E-state index contributed by atoms with van der Waals surface area (Å²) in [5.74, 6) is -0.738. The highest BCUT2D eigenvalue weighted by molar-refractivity contribution is 5.66. The number of aliphatic carboxylic acids is 1. The third kappa shape index (κ3) is 11.3. The van der Waals surface area contributed by atoms with Crippen LogP contribution in [0.5, 0.6) is 0 Å². The monoisotopic (exact) mass is 220 g/mol. The molecule has 0 amide bonds. The van der Waals surface area contributed by atoms with Crippen molar-refractivity contribution in [2.45, 2.75) is 57.5 Å². The molecule has 0 rings (SSSR count). The van der Waals surface area contributed by atoms with Crippen LogP contribution < -0.4 is 0 Å².